The SMILES string of the molecule is NC1CCC2(C1)OCCO2. The summed E-state index contributed by atoms with van der Waals surface area (Å²) in [6.07, 6.45) is 2.90. The fourth-order valence-electron chi connectivity index (χ4n) is 1.77. The molecule has 0 bridgehead atoms. The Hall–Kier alpha value is -0.120. The number of nitrogens with two attached hydrogens (primary N) is 1. The third-order valence-corrected chi connectivity index (χ3v) is 2.28. The number of rotatable bonds is 0. The molecule has 3 heteroatoms. The highest BCUT2D eigenvalue weighted by atomic mass is 16.7. The first kappa shape index (κ1) is 6.58. The van der Waals surface area contributed by atoms with Crippen LogP contribution in [0.25, 0.3) is 0 Å². The zero-order valence-corrected chi connectivity index (χ0v) is 6.01. The molecule has 0 aromatic heterocycles. The maximum absolute atomic E-state index is 5.73. The predicted octanol–water partition coefficient (Wildman–Crippen LogP) is 0.241. The fraction of sp³-hybridized carbons (Fsp3) is 1.00. The molecule has 1 heterocycles. The molecule has 3 nitrogen and oxygen atoms in total. The van der Waals surface area contributed by atoms with Gasteiger partial charge in [-0.2, -0.15) is 0 Å². The molecule has 2 aliphatic rings. The van der Waals surface area contributed by atoms with Crippen LogP contribution in [-0.4, -0.2) is 25.0 Å². The average molecular weight is 143 g/mol. The summed E-state index contributed by atoms with van der Waals surface area (Å²) >= 11 is 0. The van der Waals surface area contributed by atoms with Gasteiger partial charge in [0.25, 0.3) is 0 Å². The van der Waals surface area contributed by atoms with Gasteiger partial charge in [-0.25, -0.2) is 0 Å². The molecule has 2 fully saturated rings. The van der Waals surface area contributed by atoms with Gasteiger partial charge in [-0.05, 0) is 6.42 Å². The molecule has 1 atom stereocenters. The van der Waals surface area contributed by atoms with Crippen LogP contribution in [0.5, 0.6) is 0 Å². The first-order chi connectivity index (χ1) is 4.81. The third-order valence-electron chi connectivity index (χ3n) is 2.28. The summed E-state index contributed by atoms with van der Waals surface area (Å²) in [4.78, 5) is 0. The quantitative estimate of drug-likeness (QED) is 0.528. The second-order valence-electron chi connectivity index (χ2n) is 3.11. The first-order valence-corrected chi connectivity index (χ1v) is 3.84. The van der Waals surface area contributed by atoms with Crippen molar-refractivity contribution in [3.8, 4) is 0 Å². The van der Waals surface area contributed by atoms with E-state index in [-0.39, 0.29) is 11.8 Å². The molecule has 1 unspecified atom stereocenters. The van der Waals surface area contributed by atoms with E-state index in [1.807, 2.05) is 0 Å². The van der Waals surface area contributed by atoms with E-state index in [0.29, 0.717) is 0 Å². The van der Waals surface area contributed by atoms with Crippen molar-refractivity contribution in [3.05, 3.63) is 0 Å². The van der Waals surface area contributed by atoms with Crippen LogP contribution in [0.15, 0.2) is 0 Å². The Kier molecular flexibility index (Phi) is 1.44. The molecule has 0 radical (unpaired) electrons. The van der Waals surface area contributed by atoms with Crippen LogP contribution in [0.2, 0.25) is 0 Å². The summed E-state index contributed by atoms with van der Waals surface area (Å²) < 4.78 is 10.9. The van der Waals surface area contributed by atoms with Gasteiger partial charge in [0.1, 0.15) is 0 Å². The summed E-state index contributed by atoms with van der Waals surface area (Å²) in [6.45, 7) is 1.49. The number of ether oxygens (including phenoxy) is 2. The van der Waals surface area contributed by atoms with Crippen molar-refractivity contribution in [1.82, 2.24) is 0 Å². The monoisotopic (exact) mass is 143 g/mol. The van der Waals surface area contributed by atoms with Crippen LogP contribution < -0.4 is 5.73 Å². The molecule has 0 aromatic rings. The van der Waals surface area contributed by atoms with Crippen molar-refractivity contribution >= 4 is 0 Å². The van der Waals surface area contributed by atoms with Crippen LogP contribution in [0.4, 0.5) is 0 Å². The first-order valence-electron chi connectivity index (χ1n) is 3.84. The summed E-state index contributed by atoms with van der Waals surface area (Å²) in [6, 6.07) is 0.290. The van der Waals surface area contributed by atoms with E-state index in [1.54, 1.807) is 0 Å². The molecule has 2 rings (SSSR count). The second-order valence-corrected chi connectivity index (χ2v) is 3.11. The fourth-order valence-corrected chi connectivity index (χ4v) is 1.77. The van der Waals surface area contributed by atoms with E-state index in [0.717, 1.165) is 32.5 Å². The Morgan fingerprint density at radius 3 is 2.50 bits per heavy atom. The van der Waals surface area contributed by atoms with E-state index in [1.165, 1.54) is 0 Å². The summed E-state index contributed by atoms with van der Waals surface area (Å²) in [5.41, 5.74) is 5.73. The molecule has 1 aliphatic heterocycles. The van der Waals surface area contributed by atoms with E-state index >= 15 is 0 Å². The largest absolute Gasteiger partial charge is 0.347 e. The van der Waals surface area contributed by atoms with Gasteiger partial charge in [-0.15, -0.1) is 0 Å². The normalized spacial score (nSPS) is 37.5. The second kappa shape index (κ2) is 2.19. The maximum Gasteiger partial charge on any atom is 0.170 e. The molecule has 0 aromatic carbocycles. The van der Waals surface area contributed by atoms with Gasteiger partial charge in [-0.3, -0.25) is 0 Å². The van der Waals surface area contributed by atoms with Crippen molar-refractivity contribution in [1.29, 1.82) is 0 Å². The van der Waals surface area contributed by atoms with Gasteiger partial charge >= 0.3 is 0 Å². The minimum Gasteiger partial charge on any atom is -0.347 e. The van der Waals surface area contributed by atoms with Gasteiger partial charge < -0.3 is 15.2 Å². The van der Waals surface area contributed by atoms with Gasteiger partial charge in [0.2, 0.25) is 0 Å². The van der Waals surface area contributed by atoms with Crippen molar-refractivity contribution in [3.63, 3.8) is 0 Å². The van der Waals surface area contributed by atoms with Crippen LogP contribution in [0.1, 0.15) is 19.3 Å². The van der Waals surface area contributed by atoms with E-state index in [2.05, 4.69) is 0 Å². The molecular weight excluding hydrogens is 130 g/mol. The van der Waals surface area contributed by atoms with Gasteiger partial charge in [0.15, 0.2) is 5.79 Å². The van der Waals surface area contributed by atoms with E-state index in [9.17, 15) is 0 Å². The number of hydrogen-bond acceptors (Lipinski definition) is 3. The van der Waals surface area contributed by atoms with Gasteiger partial charge in [-0.1, -0.05) is 0 Å². The average Bonchev–Trinajstić information content (AvgIpc) is 2.46. The van der Waals surface area contributed by atoms with Gasteiger partial charge in [0, 0.05) is 18.9 Å². The van der Waals surface area contributed by atoms with E-state index in [4.69, 9.17) is 15.2 Å². The molecular formula is C7H13NO2. The Morgan fingerprint density at radius 1 is 1.30 bits per heavy atom. The summed E-state index contributed by atoms with van der Waals surface area (Å²) in [7, 11) is 0. The lowest BCUT2D eigenvalue weighted by molar-refractivity contribution is -0.150. The van der Waals surface area contributed by atoms with Crippen LogP contribution >= 0.6 is 0 Å². The highest BCUT2D eigenvalue weighted by molar-refractivity contribution is 4.87. The van der Waals surface area contributed by atoms with Crippen LogP contribution in [0.3, 0.4) is 0 Å². The highest BCUT2D eigenvalue weighted by Crippen LogP contribution is 2.36. The summed E-state index contributed by atoms with van der Waals surface area (Å²) in [5, 5.41) is 0. The van der Waals surface area contributed by atoms with Crippen molar-refractivity contribution in [2.45, 2.75) is 31.1 Å². The van der Waals surface area contributed by atoms with Crippen LogP contribution in [0, 0.1) is 0 Å². The molecule has 1 spiro atoms. The predicted molar refractivity (Wildman–Crippen MR) is 36.5 cm³/mol. The van der Waals surface area contributed by atoms with Crippen LogP contribution in [-0.2, 0) is 9.47 Å². The molecule has 1 saturated carbocycles. The molecule has 58 valence electrons. The molecule has 1 aliphatic carbocycles. The zero-order chi connectivity index (χ0) is 7.03. The molecule has 0 amide bonds. The minimum absolute atomic E-state index is 0.264. The number of hydrogen-bond donors (Lipinski definition) is 1. The third kappa shape index (κ3) is 0.944. The summed E-state index contributed by atoms with van der Waals surface area (Å²) in [5.74, 6) is -0.264. The van der Waals surface area contributed by atoms with Crippen molar-refractivity contribution < 1.29 is 9.47 Å². The lowest BCUT2D eigenvalue weighted by Gasteiger charge is -2.20. The molecule has 10 heavy (non-hydrogen) atoms. The molecule has 2 N–H and O–H groups in total. The maximum atomic E-state index is 5.73. The van der Waals surface area contributed by atoms with E-state index < -0.39 is 0 Å². The Balaban J connectivity index is 2.03. The smallest absolute Gasteiger partial charge is 0.170 e. The van der Waals surface area contributed by atoms with Gasteiger partial charge in [0.05, 0.1) is 13.2 Å². The minimum atomic E-state index is -0.264. The van der Waals surface area contributed by atoms with Crippen molar-refractivity contribution in [2.75, 3.05) is 13.2 Å². The molecule has 1 saturated heterocycles. The zero-order valence-electron chi connectivity index (χ0n) is 6.01. The Bertz CT molecular complexity index is 132. The topological polar surface area (TPSA) is 44.5 Å². The standard InChI is InChI=1S/C7H13NO2/c8-6-1-2-7(5-6)9-3-4-10-7/h6H,1-5,8H2. The van der Waals surface area contributed by atoms with Crippen molar-refractivity contribution in [2.24, 2.45) is 5.73 Å². The lowest BCUT2D eigenvalue weighted by atomic mass is 10.2. The highest BCUT2D eigenvalue weighted by Gasteiger charge is 2.42. The lowest BCUT2D eigenvalue weighted by Crippen LogP contribution is -2.28. The Morgan fingerprint density at radius 2 is 2.00 bits per heavy atom. The Labute approximate surface area is 60.5 Å².